The van der Waals surface area contributed by atoms with Crippen molar-refractivity contribution < 1.29 is 0 Å². The van der Waals surface area contributed by atoms with Crippen LogP contribution in [-0.2, 0) is 0 Å². The molecule has 10 aromatic carbocycles. The van der Waals surface area contributed by atoms with Crippen LogP contribution in [-0.4, -0.2) is 9.97 Å². The van der Waals surface area contributed by atoms with Gasteiger partial charge >= 0.3 is 0 Å². The fourth-order valence-corrected chi connectivity index (χ4v) is 9.12. The van der Waals surface area contributed by atoms with E-state index < -0.39 is 0 Å². The zero-order chi connectivity index (χ0) is 31.1. The predicted molar refractivity (Wildman–Crippen MR) is 204 cm³/mol. The SMILES string of the molecule is c1ccc(-c2c3cc4c(cc3c(-c3ccccn3)c3c5cccc6cccc(c23)c65)c2cc3cccc5ccc6ccc4c2c6c53)nc1. The van der Waals surface area contributed by atoms with E-state index in [0.717, 1.165) is 11.4 Å². The van der Waals surface area contributed by atoms with Gasteiger partial charge in [-0.25, -0.2) is 0 Å². The smallest absolute Gasteiger partial charge is 0.0714 e. The molecule has 12 aromatic rings. The third-order valence-electron chi connectivity index (χ3n) is 10.9. The number of hydrogen-bond donors (Lipinski definition) is 0. The van der Waals surface area contributed by atoms with Gasteiger partial charge in [-0.15, -0.1) is 0 Å². The second-order valence-corrected chi connectivity index (χ2v) is 13.2. The van der Waals surface area contributed by atoms with E-state index in [1.807, 2.05) is 24.5 Å². The van der Waals surface area contributed by atoms with Gasteiger partial charge in [0.25, 0.3) is 0 Å². The molecule has 0 saturated carbocycles. The molecular formula is C46H24N2. The van der Waals surface area contributed by atoms with E-state index in [1.165, 1.54) is 108 Å². The summed E-state index contributed by atoms with van der Waals surface area (Å²) >= 11 is 0. The molecular weight excluding hydrogens is 581 g/mol. The normalized spacial score (nSPS) is 12.6. The van der Waals surface area contributed by atoms with Crippen LogP contribution in [0.2, 0.25) is 0 Å². The first-order chi connectivity index (χ1) is 23.8. The molecule has 0 atom stereocenters. The van der Waals surface area contributed by atoms with Crippen molar-refractivity contribution in [2.75, 3.05) is 0 Å². The zero-order valence-corrected chi connectivity index (χ0v) is 25.8. The molecule has 2 heterocycles. The van der Waals surface area contributed by atoms with Crippen molar-refractivity contribution in [2.24, 2.45) is 0 Å². The molecule has 48 heavy (non-hydrogen) atoms. The van der Waals surface area contributed by atoms with Gasteiger partial charge in [0.2, 0.25) is 0 Å². The minimum absolute atomic E-state index is 0.988. The molecule has 2 aromatic heterocycles. The molecule has 0 aliphatic rings. The second-order valence-electron chi connectivity index (χ2n) is 13.2. The van der Waals surface area contributed by atoms with Gasteiger partial charge in [0.15, 0.2) is 0 Å². The van der Waals surface area contributed by atoms with Gasteiger partial charge in [-0.3, -0.25) is 9.97 Å². The van der Waals surface area contributed by atoms with Gasteiger partial charge in [-0.05, 0) is 129 Å². The topological polar surface area (TPSA) is 25.8 Å². The Morgan fingerprint density at radius 2 is 0.812 bits per heavy atom. The Bertz CT molecular complexity index is 3250. The molecule has 0 amide bonds. The molecule has 0 radical (unpaired) electrons. The maximum absolute atomic E-state index is 5.02. The molecule has 2 nitrogen and oxygen atoms in total. The van der Waals surface area contributed by atoms with Gasteiger partial charge < -0.3 is 0 Å². The number of aromatic nitrogens is 2. The van der Waals surface area contributed by atoms with Crippen molar-refractivity contribution in [2.45, 2.75) is 0 Å². The Morgan fingerprint density at radius 1 is 0.271 bits per heavy atom. The van der Waals surface area contributed by atoms with Crippen LogP contribution in [0.4, 0.5) is 0 Å². The van der Waals surface area contributed by atoms with E-state index in [4.69, 9.17) is 9.97 Å². The van der Waals surface area contributed by atoms with Crippen LogP contribution < -0.4 is 0 Å². The molecule has 0 fully saturated rings. The second kappa shape index (κ2) is 8.70. The van der Waals surface area contributed by atoms with Gasteiger partial charge in [0.05, 0.1) is 11.4 Å². The summed E-state index contributed by atoms with van der Waals surface area (Å²) in [5.74, 6) is 0. The maximum Gasteiger partial charge on any atom is 0.0714 e. The Morgan fingerprint density at radius 3 is 1.44 bits per heavy atom. The summed E-state index contributed by atoms with van der Waals surface area (Å²) in [6, 6.07) is 49.3. The summed E-state index contributed by atoms with van der Waals surface area (Å²) < 4.78 is 0. The van der Waals surface area contributed by atoms with Gasteiger partial charge in [-0.1, -0.05) is 91.0 Å². The fourth-order valence-electron chi connectivity index (χ4n) is 9.12. The van der Waals surface area contributed by atoms with E-state index in [1.54, 1.807) is 0 Å². The lowest BCUT2D eigenvalue weighted by Gasteiger charge is -2.16. The highest BCUT2D eigenvalue weighted by atomic mass is 14.7. The molecule has 2 heteroatoms. The monoisotopic (exact) mass is 604 g/mol. The first-order valence-electron chi connectivity index (χ1n) is 16.6. The first-order valence-corrected chi connectivity index (χ1v) is 16.6. The van der Waals surface area contributed by atoms with Crippen LogP contribution in [0.3, 0.4) is 0 Å². The Kier molecular flexibility index (Phi) is 4.49. The van der Waals surface area contributed by atoms with Crippen molar-refractivity contribution in [1.29, 1.82) is 0 Å². The maximum atomic E-state index is 5.02. The van der Waals surface area contributed by atoms with Crippen LogP contribution in [0.5, 0.6) is 0 Å². The van der Waals surface area contributed by atoms with E-state index in [9.17, 15) is 0 Å². The highest BCUT2D eigenvalue weighted by molar-refractivity contribution is 6.43. The van der Waals surface area contributed by atoms with Crippen molar-refractivity contribution in [3.8, 4) is 22.5 Å². The minimum atomic E-state index is 0.988. The fraction of sp³-hybridized carbons (Fsp3) is 0. The van der Waals surface area contributed by atoms with Gasteiger partial charge in [0, 0.05) is 34.3 Å². The molecule has 0 spiro atoms. The molecule has 0 unspecified atom stereocenters. The molecule has 0 saturated heterocycles. The predicted octanol–water partition coefficient (Wildman–Crippen LogP) is 12.5. The van der Waals surface area contributed by atoms with Crippen LogP contribution in [0, 0.1) is 0 Å². The Hall–Kier alpha value is -6.38. The van der Waals surface area contributed by atoms with E-state index in [-0.39, 0.29) is 0 Å². The Labute approximate surface area is 274 Å². The van der Waals surface area contributed by atoms with Gasteiger partial charge in [-0.2, -0.15) is 0 Å². The summed E-state index contributed by atoms with van der Waals surface area (Å²) in [5, 5.41) is 23.2. The third-order valence-corrected chi connectivity index (χ3v) is 10.9. The van der Waals surface area contributed by atoms with Crippen molar-refractivity contribution >= 4 is 97.0 Å². The van der Waals surface area contributed by atoms with E-state index >= 15 is 0 Å². The molecule has 0 aliphatic heterocycles. The summed E-state index contributed by atoms with van der Waals surface area (Å²) in [5.41, 5.74) is 4.35. The summed E-state index contributed by atoms with van der Waals surface area (Å²) in [7, 11) is 0. The van der Waals surface area contributed by atoms with Crippen molar-refractivity contribution in [3.05, 3.63) is 146 Å². The largest absolute Gasteiger partial charge is 0.256 e. The van der Waals surface area contributed by atoms with Crippen molar-refractivity contribution in [1.82, 2.24) is 9.97 Å². The first kappa shape index (κ1) is 24.8. The highest BCUT2D eigenvalue weighted by Crippen LogP contribution is 2.53. The molecule has 218 valence electrons. The number of rotatable bonds is 2. The van der Waals surface area contributed by atoms with Crippen molar-refractivity contribution in [3.63, 3.8) is 0 Å². The van der Waals surface area contributed by atoms with Crippen LogP contribution in [0.15, 0.2) is 146 Å². The van der Waals surface area contributed by atoms with Crippen LogP contribution >= 0.6 is 0 Å². The Balaban J connectivity index is 1.40. The lowest BCUT2D eigenvalue weighted by atomic mass is 9.88. The average molecular weight is 605 g/mol. The molecule has 0 bridgehead atoms. The van der Waals surface area contributed by atoms with Crippen LogP contribution in [0.25, 0.3) is 119 Å². The number of hydrogen-bond acceptors (Lipinski definition) is 2. The lowest BCUT2D eigenvalue weighted by Crippen LogP contribution is -1.92. The van der Waals surface area contributed by atoms with E-state index in [0.29, 0.717) is 0 Å². The average Bonchev–Trinajstić information content (AvgIpc) is 3.64. The number of benzene rings is 8. The van der Waals surface area contributed by atoms with E-state index in [2.05, 4.69) is 121 Å². The molecule has 12 rings (SSSR count). The minimum Gasteiger partial charge on any atom is -0.256 e. The summed E-state index contributed by atoms with van der Waals surface area (Å²) in [4.78, 5) is 10.0. The summed E-state index contributed by atoms with van der Waals surface area (Å²) in [6.07, 6.45) is 3.84. The highest BCUT2D eigenvalue weighted by Gasteiger charge is 2.26. The molecule has 0 aliphatic carbocycles. The third kappa shape index (κ3) is 2.95. The van der Waals surface area contributed by atoms with Gasteiger partial charge in [0.1, 0.15) is 0 Å². The number of pyridine rings is 2. The number of fused-ring (bicyclic) bond motifs is 7. The quantitative estimate of drug-likeness (QED) is 0.183. The molecule has 0 N–H and O–H groups in total. The number of nitrogens with zero attached hydrogens (tertiary/aromatic N) is 2. The summed E-state index contributed by atoms with van der Waals surface area (Å²) in [6.45, 7) is 0. The standard InChI is InChI=1S/C46H24N2/c1-3-20-47-37(14-1)43-35-23-32-29-19-18-27-17-16-26-8-5-11-28-22-34(42(29)41(27)39(26)28)33(32)24-36(35)44(38-15-2-4-21-48-38)46-31-13-7-10-25-9-6-12-30(40(25)31)45(43)46/h1-24H. The van der Waals surface area contributed by atoms with Crippen LogP contribution in [0.1, 0.15) is 0 Å². The lowest BCUT2D eigenvalue weighted by molar-refractivity contribution is 1.33. The zero-order valence-electron chi connectivity index (χ0n) is 25.8.